The number of hydrogen-bond acceptors (Lipinski definition) is 4. The molecule has 1 aromatic carbocycles. The first kappa shape index (κ1) is 14.8. The average molecular weight is 260 g/mol. The van der Waals surface area contributed by atoms with Crippen LogP contribution in [-0.2, 0) is 25.5 Å². The van der Waals surface area contributed by atoms with Gasteiger partial charge in [0.05, 0.1) is 0 Å². The SMILES string of the molecule is CC(=O)OCC#C[C@@H](Cc1ccccc1)OC(C)=O. The number of ether oxygens (including phenoxy) is 2. The lowest BCUT2D eigenvalue weighted by Crippen LogP contribution is -2.17. The maximum absolute atomic E-state index is 11.0. The van der Waals surface area contributed by atoms with Crippen LogP contribution in [0.25, 0.3) is 0 Å². The molecule has 0 aromatic heterocycles. The molecule has 0 amide bonds. The van der Waals surface area contributed by atoms with Gasteiger partial charge in [-0.3, -0.25) is 9.59 Å². The standard InChI is InChI=1S/C15H16O4/c1-12(16)18-10-6-9-15(19-13(2)17)11-14-7-4-3-5-8-14/h3-5,7-8,15H,10-11H2,1-2H3/t15-/m0/s1. The van der Waals surface area contributed by atoms with Gasteiger partial charge in [-0.1, -0.05) is 42.2 Å². The maximum Gasteiger partial charge on any atom is 0.303 e. The molecule has 0 aliphatic rings. The van der Waals surface area contributed by atoms with Crippen molar-refractivity contribution in [3.63, 3.8) is 0 Å². The summed E-state index contributed by atoms with van der Waals surface area (Å²) in [5.41, 5.74) is 1.02. The topological polar surface area (TPSA) is 52.6 Å². The van der Waals surface area contributed by atoms with Gasteiger partial charge in [0.1, 0.15) is 0 Å². The van der Waals surface area contributed by atoms with Gasteiger partial charge >= 0.3 is 11.9 Å². The van der Waals surface area contributed by atoms with Crippen LogP contribution in [0.1, 0.15) is 19.4 Å². The number of benzene rings is 1. The first-order valence-electron chi connectivity index (χ1n) is 5.91. The second-order valence-corrected chi connectivity index (χ2v) is 3.89. The predicted octanol–water partition coefficient (Wildman–Crippen LogP) is 1.73. The fraction of sp³-hybridized carbons (Fsp3) is 0.333. The van der Waals surface area contributed by atoms with Crippen molar-refractivity contribution in [2.24, 2.45) is 0 Å². The molecule has 0 heterocycles. The normalized spacial score (nSPS) is 10.8. The first-order chi connectivity index (χ1) is 9.08. The van der Waals surface area contributed by atoms with E-state index in [0.717, 1.165) is 5.56 Å². The lowest BCUT2D eigenvalue weighted by molar-refractivity contribution is -0.144. The predicted molar refractivity (Wildman–Crippen MR) is 70.1 cm³/mol. The number of carbonyl (C=O) groups excluding carboxylic acids is 2. The molecule has 0 aliphatic carbocycles. The molecule has 0 radical (unpaired) electrons. The van der Waals surface area contributed by atoms with Crippen molar-refractivity contribution in [3.05, 3.63) is 35.9 Å². The third-order valence-electron chi connectivity index (χ3n) is 2.18. The Morgan fingerprint density at radius 3 is 2.42 bits per heavy atom. The van der Waals surface area contributed by atoms with Gasteiger partial charge in [0.2, 0.25) is 0 Å². The average Bonchev–Trinajstić information content (AvgIpc) is 2.35. The third kappa shape index (κ3) is 6.89. The molecular formula is C15H16O4. The molecule has 19 heavy (non-hydrogen) atoms. The van der Waals surface area contributed by atoms with E-state index in [-0.39, 0.29) is 18.5 Å². The van der Waals surface area contributed by atoms with Crippen molar-refractivity contribution in [3.8, 4) is 11.8 Å². The van der Waals surface area contributed by atoms with Crippen molar-refractivity contribution in [1.82, 2.24) is 0 Å². The largest absolute Gasteiger partial charge is 0.453 e. The molecule has 0 spiro atoms. The Morgan fingerprint density at radius 1 is 1.16 bits per heavy atom. The Bertz CT molecular complexity index is 482. The van der Waals surface area contributed by atoms with E-state index in [2.05, 4.69) is 11.8 Å². The van der Waals surface area contributed by atoms with E-state index in [0.29, 0.717) is 6.42 Å². The van der Waals surface area contributed by atoms with E-state index in [4.69, 9.17) is 9.47 Å². The smallest absolute Gasteiger partial charge is 0.303 e. The van der Waals surface area contributed by atoms with Crippen LogP contribution in [0.4, 0.5) is 0 Å². The van der Waals surface area contributed by atoms with Gasteiger partial charge in [-0.05, 0) is 5.56 Å². The van der Waals surface area contributed by atoms with Gasteiger partial charge in [-0.2, -0.15) is 0 Å². The summed E-state index contributed by atoms with van der Waals surface area (Å²) in [6.07, 6.45) is -0.0246. The number of rotatable bonds is 4. The van der Waals surface area contributed by atoms with Gasteiger partial charge < -0.3 is 9.47 Å². The van der Waals surface area contributed by atoms with E-state index in [1.54, 1.807) is 0 Å². The Morgan fingerprint density at radius 2 is 1.84 bits per heavy atom. The second-order valence-electron chi connectivity index (χ2n) is 3.89. The summed E-state index contributed by atoms with van der Waals surface area (Å²) in [4.78, 5) is 21.6. The molecular weight excluding hydrogens is 244 g/mol. The zero-order chi connectivity index (χ0) is 14.1. The van der Waals surface area contributed by atoms with Gasteiger partial charge in [-0.15, -0.1) is 0 Å². The third-order valence-corrected chi connectivity index (χ3v) is 2.18. The summed E-state index contributed by atoms with van der Waals surface area (Å²) < 4.78 is 9.80. The van der Waals surface area contributed by atoms with Gasteiger partial charge in [-0.25, -0.2) is 0 Å². The van der Waals surface area contributed by atoms with E-state index < -0.39 is 6.10 Å². The quantitative estimate of drug-likeness (QED) is 0.611. The minimum absolute atomic E-state index is 0.00187. The molecule has 0 saturated heterocycles. The minimum Gasteiger partial charge on any atom is -0.453 e. The van der Waals surface area contributed by atoms with Crippen molar-refractivity contribution in [2.75, 3.05) is 6.61 Å². The van der Waals surface area contributed by atoms with Crippen LogP contribution in [0.15, 0.2) is 30.3 Å². The van der Waals surface area contributed by atoms with Crippen LogP contribution >= 0.6 is 0 Å². The van der Waals surface area contributed by atoms with Crippen molar-refractivity contribution < 1.29 is 19.1 Å². The van der Waals surface area contributed by atoms with Crippen molar-refractivity contribution in [1.29, 1.82) is 0 Å². The molecule has 0 unspecified atom stereocenters. The van der Waals surface area contributed by atoms with Crippen LogP contribution in [0, 0.1) is 11.8 Å². The van der Waals surface area contributed by atoms with Crippen LogP contribution < -0.4 is 0 Å². The van der Waals surface area contributed by atoms with E-state index in [1.807, 2.05) is 30.3 Å². The molecule has 4 heteroatoms. The monoisotopic (exact) mass is 260 g/mol. The lowest BCUT2D eigenvalue weighted by Gasteiger charge is -2.10. The highest BCUT2D eigenvalue weighted by Gasteiger charge is 2.09. The second kappa shape index (κ2) is 7.93. The minimum atomic E-state index is -0.532. The molecule has 4 nitrogen and oxygen atoms in total. The highest BCUT2D eigenvalue weighted by molar-refractivity contribution is 5.66. The summed E-state index contributed by atoms with van der Waals surface area (Å²) in [5.74, 6) is 4.68. The lowest BCUT2D eigenvalue weighted by atomic mass is 10.1. The summed E-state index contributed by atoms with van der Waals surface area (Å²) in [7, 11) is 0. The fourth-order valence-corrected chi connectivity index (χ4v) is 1.44. The Balaban J connectivity index is 2.61. The molecule has 0 saturated carbocycles. The van der Waals surface area contributed by atoms with Crippen molar-refractivity contribution >= 4 is 11.9 Å². The van der Waals surface area contributed by atoms with Gasteiger partial charge in [0, 0.05) is 20.3 Å². The van der Waals surface area contributed by atoms with Crippen LogP contribution in [0.5, 0.6) is 0 Å². The summed E-state index contributed by atoms with van der Waals surface area (Å²) in [5, 5.41) is 0. The molecule has 0 aliphatic heterocycles. The van der Waals surface area contributed by atoms with Crippen LogP contribution in [0.2, 0.25) is 0 Å². The molecule has 0 bridgehead atoms. The summed E-state index contributed by atoms with van der Waals surface area (Å²) >= 11 is 0. The summed E-state index contributed by atoms with van der Waals surface area (Å²) in [6.45, 7) is 2.66. The zero-order valence-electron chi connectivity index (χ0n) is 11.0. The molecule has 0 fully saturated rings. The molecule has 1 aromatic rings. The molecule has 1 rings (SSSR count). The number of hydrogen-bond donors (Lipinski definition) is 0. The first-order valence-corrected chi connectivity index (χ1v) is 5.91. The molecule has 1 atom stereocenters. The Labute approximate surface area is 112 Å². The number of carbonyl (C=O) groups is 2. The Kier molecular flexibility index (Phi) is 6.17. The highest BCUT2D eigenvalue weighted by atomic mass is 16.5. The molecule has 0 N–H and O–H groups in total. The maximum atomic E-state index is 11.0. The summed E-state index contributed by atoms with van der Waals surface area (Å²) in [6, 6.07) is 9.60. The van der Waals surface area contributed by atoms with Gasteiger partial charge in [0.25, 0.3) is 0 Å². The Hall–Kier alpha value is -2.28. The highest BCUT2D eigenvalue weighted by Crippen LogP contribution is 2.05. The van der Waals surface area contributed by atoms with Crippen molar-refractivity contribution in [2.45, 2.75) is 26.4 Å². The molecule has 100 valence electrons. The van der Waals surface area contributed by atoms with Crippen LogP contribution in [0.3, 0.4) is 0 Å². The van der Waals surface area contributed by atoms with E-state index >= 15 is 0 Å². The fourth-order valence-electron chi connectivity index (χ4n) is 1.44. The van der Waals surface area contributed by atoms with E-state index in [9.17, 15) is 9.59 Å². The number of esters is 2. The van der Waals surface area contributed by atoms with Gasteiger partial charge in [0.15, 0.2) is 12.7 Å². The van der Waals surface area contributed by atoms with E-state index in [1.165, 1.54) is 13.8 Å². The van der Waals surface area contributed by atoms with Crippen LogP contribution in [-0.4, -0.2) is 24.6 Å². The zero-order valence-corrected chi connectivity index (χ0v) is 11.0.